The molecule has 10 aromatic rings. The van der Waals surface area contributed by atoms with Gasteiger partial charge >= 0.3 is 17.2 Å². The van der Waals surface area contributed by atoms with Crippen LogP contribution >= 0.6 is 82.6 Å². The Morgan fingerprint density at radius 1 is 0.570 bits per heavy atom. The van der Waals surface area contributed by atoms with Crippen molar-refractivity contribution >= 4 is 127 Å². The number of hydrogen-bond acceptors (Lipinski definition) is 15. The number of ketones is 1. The second-order valence-corrected chi connectivity index (χ2v) is 24.3. The smallest absolute Gasteiger partial charge is 0.336 e. The van der Waals surface area contributed by atoms with Gasteiger partial charge in [-0.2, -0.15) is 0 Å². The molecule has 0 spiro atoms. The number of alkyl halides is 3. The van der Waals surface area contributed by atoms with Crippen molar-refractivity contribution in [3.8, 4) is 28.7 Å². The number of methoxy groups -OCH3 is 1. The summed E-state index contributed by atoms with van der Waals surface area (Å²) >= 11 is 27.0. The lowest BCUT2D eigenvalue weighted by Gasteiger charge is -2.16. The monoisotopic (exact) mass is 1530 g/mol. The van der Waals surface area contributed by atoms with Crippen LogP contribution in [0.2, 0.25) is 0 Å². The molecule has 0 saturated carbocycles. The molecule has 488 valence electrons. The number of carbonyl (C=O) groups is 2. The van der Waals surface area contributed by atoms with Crippen molar-refractivity contribution in [2.45, 2.75) is 88.5 Å². The first-order valence-corrected chi connectivity index (χ1v) is 32.7. The molecule has 0 radical (unpaired) electrons. The minimum Gasteiger partial charge on any atom is -0.508 e. The quantitative estimate of drug-likeness (QED) is 0.0386. The summed E-state index contributed by atoms with van der Waals surface area (Å²) < 4.78 is 81.8. The molecule has 4 N–H and O–H groups in total. The second-order valence-electron chi connectivity index (χ2n) is 20.9. The molecule has 0 saturated heterocycles. The van der Waals surface area contributed by atoms with E-state index in [0.717, 1.165) is 83.1 Å². The molecule has 15 nitrogen and oxygen atoms in total. The van der Waals surface area contributed by atoms with Crippen molar-refractivity contribution in [1.29, 1.82) is 0 Å². The van der Waals surface area contributed by atoms with E-state index >= 15 is 0 Å². The SMILES string of the molecule is CCOC(=O)CC(=O)CCl.COCc1coc2cc(O[C@@H]3CCc4c(Br)ccc(F)c43)ccc12.O=c1cc(CCl)c2ccc(O)cc2o1.O=c1cc(CCl)c2ccc(O[C@@H]3CCc4c(Br)ccc(F)c43)cc2o1.O[C@H]1CCc2c(Br)ccc(F)c21.Oc1cccc(O)c1. The molecule has 3 aliphatic rings. The van der Waals surface area contributed by atoms with E-state index in [4.69, 9.17) is 72.5 Å². The fraction of sp³-hybridized carbons (Fsp3) is 0.246. The zero-order valence-electron chi connectivity index (χ0n) is 49.6. The number of hydrogen-bond donors (Lipinski definition) is 4. The number of halogens is 9. The number of benzene rings is 7. The Morgan fingerprint density at radius 2 is 1.02 bits per heavy atom. The number of rotatable bonds is 12. The summed E-state index contributed by atoms with van der Waals surface area (Å²) in [5.74, 6) is 0.199. The molecule has 3 aliphatic carbocycles. The molecule has 7 aromatic carbocycles. The molecule has 13 rings (SSSR count). The minimum atomic E-state index is -0.613. The van der Waals surface area contributed by atoms with Crippen LogP contribution in [0, 0.1) is 17.5 Å². The molecule has 24 heteroatoms. The van der Waals surface area contributed by atoms with Crippen LogP contribution in [0.1, 0.15) is 101 Å². The van der Waals surface area contributed by atoms with E-state index in [0.29, 0.717) is 76.5 Å². The maximum Gasteiger partial charge on any atom is 0.336 e. The average Bonchev–Trinajstić information content (AvgIpc) is 1.81. The maximum absolute atomic E-state index is 14.3. The summed E-state index contributed by atoms with van der Waals surface area (Å²) in [6.45, 7) is 2.49. The van der Waals surface area contributed by atoms with Gasteiger partial charge in [-0.1, -0.05) is 53.9 Å². The van der Waals surface area contributed by atoms with Crippen LogP contribution in [0.5, 0.6) is 28.7 Å². The lowest BCUT2D eigenvalue weighted by Crippen LogP contribution is -2.11. The van der Waals surface area contributed by atoms with Gasteiger partial charge < -0.3 is 52.6 Å². The van der Waals surface area contributed by atoms with Gasteiger partial charge in [0.25, 0.3) is 0 Å². The molecule has 3 heterocycles. The van der Waals surface area contributed by atoms with E-state index in [1.807, 2.05) is 18.2 Å². The molecule has 3 atom stereocenters. The lowest BCUT2D eigenvalue weighted by molar-refractivity contribution is -0.145. The summed E-state index contributed by atoms with van der Waals surface area (Å²) in [7, 11) is 1.65. The van der Waals surface area contributed by atoms with Gasteiger partial charge in [0.1, 0.15) is 81.6 Å². The average molecular weight is 1530 g/mol. The first-order valence-electron chi connectivity index (χ1n) is 28.7. The van der Waals surface area contributed by atoms with E-state index in [1.165, 1.54) is 60.7 Å². The number of phenols is 3. The Morgan fingerprint density at radius 3 is 1.48 bits per heavy atom. The first kappa shape index (κ1) is 71.5. The van der Waals surface area contributed by atoms with Crippen molar-refractivity contribution in [2.24, 2.45) is 0 Å². The van der Waals surface area contributed by atoms with Gasteiger partial charge in [0.05, 0.1) is 31.5 Å². The summed E-state index contributed by atoms with van der Waals surface area (Å²) in [4.78, 5) is 43.7. The highest BCUT2D eigenvalue weighted by Crippen LogP contribution is 2.43. The van der Waals surface area contributed by atoms with Crippen LogP contribution in [-0.2, 0) is 56.7 Å². The summed E-state index contributed by atoms with van der Waals surface area (Å²) in [5, 5.41) is 38.4. The zero-order chi connectivity index (χ0) is 67.0. The Kier molecular flexibility index (Phi) is 25.9. The molecule has 0 fully saturated rings. The van der Waals surface area contributed by atoms with Crippen molar-refractivity contribution in [3.63, 3.8) is 0 Å². The molecule has 3 aromatic heterocycles. The van der Waals surface area contributed by atoms with Gasteiger partial charge in [-0.05, 0) is 158 Å². The Bertz CT molecular complexity index is 4410. The van der Waals surface area contributed by atoms with Crippen LogP contribution in [-0.4, -0.2) is 51.8 Å². The van der Waals surface area contributed by atoms with Gasteiger partial charge in [0.2, 0.25) is 0 Å². The summed E-state index contributed by atoms with van der Waals surface area (Å²) in [6, 6.07) is 33.6. The number of fused-ring (bicyclic) bond motifs is 6. The molecular weight excluding hydrogens is 1470 g/mol. The second kappa shape index (κ2) is 33.7. The highest BCUT2D eigenvalue weighted by Gasteiger charge is 2.31. The first-order chi connectivity index (χ1) is 44.6. The number of furan rings is 1. The van der Waals surface area contributed by atoms with Gasteiger partial charge in [-0.15, -0.1) is 34.8 Å². The summed E-state index contributed by atoms with van der Waals surface area (Å²) in [6.07, 6.45) is 4.63. The Labute approximate surface area is 570 Å². The van der Waals surface area contributed by atoms with E-state index in [-0.39, 0.29) is 76.8 Å². The number of carbonyl (C=O) groups excluding carboxylic acids is 2. The number of Topliss-reactive ketones (excluding diaryl/α,β-unsaturated/α-hetero) is 1. The van der Waals surface area contributed by atoms with E-state index in [2.05, 4.69) is 52.5 Å². The normalized spacial score (nSPS) is 14.7. The highest BCUT2D eigenvalue weighted by molar-refractivity contribution is 9.11. The van der Waals surface area contributed by atoms with Crippen molar-refractivity contribution in [3.05, 3.63) is 235 Å². The highest BCUT2D eigenvalue weighted by atomic mass is 79.9. The van der Waals surface area contributed by atoms with E-state index in [9.17, 15) is 42.6 Å². The standard InChI is InChI=1S/C19H13BrClFO3.C19H16BrFO3.C10H7ClO3.C9H8BrFO.C6H9ClO3.C6H6O2/c20-14-4-5-15(22)19-13(14)3-6-16(19)24-11-1-2-12-10(9-21)7-18(23)25-17(12)8-11;1-22-9-11-10-23-18-8-12(2-3-13(11)18)24-17-7-4-14-15(20)5-6-16(21)19(14)17;11-5-6-3-10(13)14-9-4-7(12)1-2-8(6)9;10-6-2-3-7(11)9-5(6)1-4-8(9)12;1-2-10-6(9)3-5(8)4-7;7-5-2-1-3-6(8)4-5/h1-2,4-5,7-8,16H,3,6,9H2;2-3,5-6,8,10,17H,4,7,9H2,1H3;1-4,12H,5H2;2-3,8,12H,1,4H2;2-4H2,1H3;1-4,7-8H/t16-;17-;;8-;;/m11.0../s1. The Hall–Kier alpha value is -7.34. The topological polar surface area (TPSA) is 226 Å². The molecular formula is C69H59Br3Cl3F3O15. The predicted molar refractivity (Wildman–Crippen MR) is 358 cm³/mol. The van der Waals surface area contributed by atoms with E-state index < -0.39 is 23.3 Å². The van der Waals surface area contributed by atoms with Crippen molar-refractivity contribution in [1.82, 2.24) is 0 Å². The largest absolute Gasteiger partial charge is 0.508 e. The van der Waals surface area contributed by atoms with Crippen molar-refractivity contribution < 1.29 is 75.4 Å². The number of aliphatic hydroxyl groups excluding tert-OH is 1. The molecule has 0 unspecified atom stereocenters. The third-order valence-electron chi connectivity index (χ3n) is 14.7. The number of esters is 1. The molecule has 93 heavy (non-hydrogen) atoms. The van der Waals surface area contributed by atoms with Gasteiger partial charge in [0, 0.05) is 107 Å². The van der Waals surface area contributed by atoms with Crippen LogP contribution in [0.4, 0.5) is 13.2 Å². The van der Waals surface area contributed by atoms with Gasteiger partial charge in [-0.25, -0.2) is 22.8 Å². The zero-order valence-corrected chi connectivity index (χ0v) is 56.6. The molecule has 0 aliphatic heterocycles. The Balaban J connectivity index is 0.000000151. The minimum absolute atomic E-state index is 0.0624. The van der Waals surface area contributed by atoms with Crippen LogP contribution in [0.15, 0.2) is 170 Å². The third kappa shape index (κ3) is 18.5. The molecule has 0 bridgehead atoms. The lowest BCUT2D eigenvalue weighted by atomic mass is 10.1. The number of phenolic OH excluding ortho intramolecular Hbond substituents is 3. The van der Waals surface area contributed by atoms with Gasteiger partial charge in [0.15, 0.2) is 5.78 Å². The van der Waals surface area contributed by atoms with Crippen LogP contribution < -0.4 is 20.7 Å². The number of aliphatic hydroxyl groups is 1. The summed E-state index contributed by atoms with van der Waals surface area (Å²) in [5.41, 5.74) is 7.60. The predicted octanol–water partition coefficient (Wildman–Crippen LogP) is 17.7. The van der Waals surface area contributed by atoms with Crippen LogP contribution in [0.25, 0.3) is 32.9 Å². The fourth-order valence-electron chi connectivity index (χ4n) is 10.5. The number of ether oxygens (including phenoxy) is 4. The van der Waals surface area contributed by atoms with E-state index in [1.54, 1.807) is 68.8 Å². The molecule has 0 amide bonds. The third-order valence-corrected chi connectivity index (χ3v) is 17.8. The maximum atomic E-state index is 14.3. The fourth-order valence-corrected chi connectivity index (χ4v) is 12.7. The van der Waals surface area contributed by atoms with Gasteiger partial charge in [-0.3, -0.25) is 9.59 Å². The van der Waals surface area contributed by atoms with Crippen LogP contribution in [0.3, 0.4) is 0 Å². The van der Waals surface area contributed by atoms with Crippen molar-refractivity contribution in [2.75, 3.05) is 19.6 Å². The number of aromatic hydroxyl groups is 3.